The van der Waals surface area contributed by atoms with E-state index in [0.29, 0.717) is 0 Å². The van der Waals surface area contributed by atoms with Crippen molar-refractivity contribution < 1.29 is 4.42 Å². The maximum atomic E-state index is 5.46. The Morgan fingerprint density at radius 1 is 1.27 bits per heavy atom. The monoisotopic (exact) mass is 145 g/mol. The summed E-state index contributed by atoms with van der Waals surface area (Å²) in [6.45, 7) is 1.97. The highest BCUT2D eigenvalue weighted by Crippen LogP contribution is 2.19. The standard InChI is InChI=1S/C10H9O/c1-2-9-7-8-5-3-4-6-10(8)11-9/h2-7H,1H3. The molecule has 2 aromatic rings. The molecule has 0 saturated heterocycles. The Kier molecular flexibility index (Phi) is 1.42. The van der Waals surface area contributed by atoms with E-state index in [4.69, 9.17) is 4.42 Å². The summed E-state index contributed by atoms with van der Waals surface area (Å²) in [5, 5.41) is 1.17. The lowest BCUT2D eigenvalue weighted by Gasteiger charge is -1.83. The van der Waals surface area contributed by atoms with E-state index in [0.717, 1.165) is 11.3 Å². The normalized spacial score (nSPS) is 10.6. The van der Waals surface area contributed by atoms with Gasteiger partial charge in [0.1, 0.15) is 11.3 Å². The van der Waals surface area contributed by atoms with Crippen molar-refractivity contribution in [1.82, 2.24) is 0 Å². The Balaban J connectivity index is 2.69. The van der Waals surface area contributed by atoms with Gasteiger partial charge in [0.15, 0.2) is 0 Å². The van der Waals surface area contributed by atoms with Gasteiger partial charge in [-0.2, -0.15) is 0 Å². The average Bonchev–Trinajstić information content (AvgIpc) is 2.46. The van der Waals surface area contributed by atoms with E-state index in [-0.39, 0.29) is 0 Å². The molecule has 11 heavy (non-hydrogen) atoms. The number of fused-ring (bicyclic) bond motifs is 1. The molecule has 0 aliphatic rings. The maximum absolute atomic E-state index is 5.46. The van der Waals surface area contributed by atoms with Crippen LogP contribution >= 0.6 is 0 Å². The van der Waals surface area contributed by atoms with E-state index in [1.165, 1.54) is 5.39 Å². The molecule has 0 aliphatic heterocycles. The molecule has 0 saturated carbocycles. The van der Waals surface area contributed by atoms with Crippen molar-refractivity contribution in [2.24, 2.45) is 0 Å². The molecule has 2 rings (SSSR count). The van der Waals surface area contributed by atoms with Gasteiger partial charge in [-0.3, -0.25) is 0 Å². The lowest BCUT2D eigenvalue weighted by molar-refractivity contribution is 0.585. The Morgan fingerprint density at radius 3 is 2.82 bits per heavy atom. The summed E-state index contributed by atoms with van der Waals surface area (Å²) in [7, 11) is 0. The summed E-state index contributed by atoms with van der Waals surface area (Å²) in [4.78, 5) is 0. The van der Waals surface area contributed by atoms with Crippen molar-refractivity contribution in [1.29, 1.82) is 0 Å². The van der Waals surface area contributed by atoms with E-state index >= 15 is 0 Å². The molecule has 1 heterocycles. The van der Waals surface area contributed by atoms with Gasteiger partial charge >= 0.3 is 0 Å². The fourth-order valence-corrected chi connectivity index (χ4v) is 1.14. The molecule has 1 heteroatoms. The van der Waals surface area contributed by atoms with Crippen LogP contribution in [0.2, 0.25) is 0 Å². The molecule has 0 aliphatic carbocycles. The van der Waals surface area contributed by atoms with Gasteiger partial charge in [0.05, 0.1) is 0 Å². The van der Waals surface area contributed by atoms with Gasteiger partial charge in [-0.15, -0.1) is 0 Å². The van der Waals surface area contributed by atoms with Gasteiger partial charge in [0, 0.05) is 11.8 Å². The minimum absolute atomic E-state index is 0.936. The number of hydrogen-bond acceptors (Lipinski definition) is 1. The zero-order valence-corrected chi connectivity index (χ0v) is 6.37. The third kappa shape index (κ3) is 1.03. The molecular weight excluding hydrogens is 136 g/mol. The zero-order valence-electron chi connectivity index (χ0n) is 6.37. The Labute approximate surface area is 65.6 Å². The SMILES string of the molecule is C[CH]c1cc2ccccc2o1. The first-order chi connectivity index (χ1) is 5.40. The Hall–Kier alpha value is -1.24. The van der Waals surface area contributed by atoms with Crippen molar-refractivity contribution in [2.45, 2.75) is 6.92 Å². The van der Waals surface area contributed by atoms with E-state index < -0.39 is 0 Å². The quantitative estimate of drug-likeness (QED) is 0.601. The van der Waals surface area contributed by atoms with Crippen LogP contribution in [-0.4, -0.2) is 0 Å². The Morgan fingerprint density at radius 2 is 2.09 bits per heavy atom. The molecule has 1 nitrogen and oxygen atoms in total. The van der Waals surface area contributed by atoms with E-state index in [9.17, 15) is 0 Å². The summed E-state index contributed by atoms with van der Waals surface area (Å²) in [5.41, 5.74) is 0.959. The van der Waals surface area contributed by atoms with Crippen LogP contribution in [0.1, 0.15) is 12.7 Å². The summed E-state index contributed by atoms with van der Waals surface area (Å²) < 4.78 is 5.46. The van der Waals surface area contributed by atoms with Crippen LogP contribution in [-0.2, 0) is 0 Å². The van der Waals surface area contributed by atoms with Crippen molar-refractivity contribution in [3.8, 4) is 0 Å². The number of furan rings is 1. The van der Waals surface area contributed by atoms with E-state index in [1.807, 2.05) is 43.7 Å². The van der Waals surface area contributed by atoms with E-state index in [1.54, 1.807) is 0 Å². The predicted molar refractivity (Wildman–Crippen MR) is 45.3 cm³/mol. The van der Waals surface area contributed by atoms with Crippen molar-refractivity contribution in [3.05, 3.63) is 42.5 Å². The minimum atomic E-state index is 0.936. The summed E-state index contributed by atoms with van der Waals surface area (Å²) >= 11 is 0. The van der Waals surface area contributed by atoms with Crippen LogP contribution in [0.15, 0.2) is 34.7 Å². The molecule has 0 amide bonds. The maximum Gasteiger partial charge on any atom is 0.134 e. The van der Waals surface area contributed by atoms with Crippen LogP contribution in [0.5, 0.6) is 0 Å². The molecule has 0 unspecified atom stereocenters. The van der Waals surface area contributed by atoms with Gasteiger partial charge in [-0.1, -0.05) is 25.1 Å². The van der Waals surface area contributed by atoms with Gasteiger partial charge in [0.2, 0.25) is 0 Å². The van der Waals surface area contributed by atoms with Crippen molar-refractivity contribution in [3.63, 3.8) is 0 Å². The fraction of sp³-hybridized carbons (Fsp3) is 0.100. The predicted octanol–water partition coefficient (Wildman–Crippen LogP) is 3.01. The highest BCUT2D eigenvalue weighted by molar-refractivity contribution is 5.77. The average molecular weight is 145 g/mol. The molecule has 1 aromatic heterocycles. The minimum Gasteiger partial charge on any atom is -0.461 e. The first kappa shape index (κ1) is 6.47. The number of para-hydroxylation sites is 1. The second-order valence-electron chi connectivity index (χ2n) is 2.48. The molecule has 0 N–H and O–H groups in total. The molecule has 1 radical (unpaired) electrons. The van der Waals surface area contributed by atoms with Gasteiger partial charge in [-0.05, 0) is 12.1 Å². The molecule has 0 bridgehead atoms. The van der Waals surface area contributed by atoms with Crippen molar-refractivity contribution in [2.75, 3.05) is 0 Å². The highest BCUT2D eigenvalue weighted by Gasteiger charge is 1.98. The van der Waals surface area contributed by atoms with Gasteiger partial charge in [0.25, 0.3) is 0 Å². The summed E-state index contributed by atoms with van der Waals surface area (Å²) in [6.07, 6.45) is 1.96. The topological polar surface area (TPSA) is 13.1 Å². The molecule has 0 fully saturated rings. The van der Waals surface area contributed by atoms with Crippen molar-refractivity contribution >= 4 is 11.0 Å². The van der Waals surface area contributed by atoms with E-state index in [2.05, 4.69) is 0 Å². The number of rotatable bonds is 1. The van der Waals surface area contributed by atoms with Crippen LogP contribution in [0.25, 0.3) is 11.0 Å². The highest BCUT2D eigenvalue weighted by atomic mass is 16.3. The molecular formula is C10H9O. The summed E-state index contributed by atoms with van der Waals surface area (Å²) in [6, 6.07) is 10.0. The van der Waals surface area contributed by atoms with Crippen LogP contribution in [0.4, 0.5) is 0 Å². The van der Waals surface area contributed by atoms with Gasteiger partial charge in [-0.25, -0.2) is 0 Å². The lowest BCUT2D eigenvalue weighted by Crippen LogP contribution is -1.63. The molecule has 55 valence electrons. The summed E-state index contributed by atoms with van der Waals surface area (Å²) in [5.74, 6) is 0.936. The van der Waals surface area contributed by atoms with Crippen LogP contribution < -0.4 is 0 Å². The smallest absolute Gasteiger partial charge is 0.134 e. The number of benzene rings is 1. The second kappa shape index (κ2) is 2.42. The van der Waals surface area contributed by atoms with Crippen LogP contribution in [0.3, 0.4) is 0 Å². The third-order valence-electron chi connectivity index (χ3n) is 1.73. The second-order valence-corrected chi connectivity index (χ2v) is 2.48. The number of hydrogen-bond donors (Lipinski definition) is 0. The molecule has 1 aromatic carbocycles. The van der Waals surface area contributed by atoms with Gasteiger partial charge < -0.3 is 4.42 Å². The zero-order chi connectivity index (χ0) is 7.68. The lowest BCUT2D eigenvalue weighted by atomic mass is 10.2. The largest absolute Gasteiger partial charge is 0.461 e. The molecule has 0 atom stereocenters. The first-order valence-electron chi connectivity index (χ1n) is 3.68. The molecule has 0 spiro atoms. The Bertz CT molecular complexity index is 327. The third-order valence-corrected chi connectivity index (χ3v) is 1.73. The van der Waals surface area contributed by atoms with Crippen LogP contribution in [0, 0.1) is 6.42 Å². The fourth-order valence-electron chi connectivity index (χ4n) is 1.14. The first-order valence-corrected chi connectivity index (χ1v) is 3.68.